The third-order valence-corrected chi connectivity index (χ3v) is 8.42. The van der Waals surface area contributed by atoms with Crippen LogP contribution in [0, 0.1) is 11.2 Å². The van der Waals surface area contributed by atoms with Crippen LogP contribution < -0.4 is 5.32 Å². The molecular formula is C26H34Cl2FN3O3. The van der Waals surface area contributed by atoms with E-state index in [1.165, 1.54) is 43.4 Å². The number of hydrogen-bond acceptors (Lipinski definition) is 4. The van der Waals surface area contributed by atoms with Gasteiger partial charge in [-0.1, -0.05) is 34.9 Å². The lowest BCUT2D eigenvalue weighted by atomic mass is 9.82. The van der Waals surface area contributed by atoms with Crippen LogP contribution in [0.25, 0.3) is 0 Å². The molecule has 0 radical (unpaired) electrons. The Kier molecular flexibility index (Phi) is 8.74. The third kappa shape index (κ3) is 6.56. The zero-order chi connectivity index (χ0) is 25.0. The largest absolute Gasteiger partial charge is 0.481 e. The summed E-state index contributed by atoms with van der Waals surface area (Å²) >= 11 is 12.4. The van der Waals surface area contributed by atoms with Crippen LogP contribution in [0.15, 0.2) is 23.8 Å². The summed E-state index contributed by atoms with van der Waals surface area (Å²) in [6.07, 6.45) is 9.21. The molecule has 4 rings (SSSR count). The second kappa shape index (κ2) is 11.6. The first kappa shape index (κ1) is 26.4. The summed E-state index contributed by atoms with van der Waals surface area (Å²) in [4.78, 5) is 29.5. The molecule has 192 valence electrons. The number of rotatable bonds is 8. The first-order chi connectivity index (χ1) is 16.8. The van der Waals surface area contributed by atoms with Crippen LogP contribution in [0.2, 0.25) is 10.0 Å². The van der Waals surface area contributed by atoms with Gasteiger partial charge in [-0.05, 0) is 63.6 Å². The highest BCUT2D eigenvalue weighted by Crippen LogP contribution is 2.37. The van der Waals surface area contributed by atoms with Gasteiger partial charge in [-0.3, -0.25) is 19.4 Å². The van der Waals surface area contributed by atoms with Gasteiger partial charge >= 0.3 is 5.97 Å². The summed E-state index contributed by atoms with van der Waals surface area (Å²) in [5, 5.41) is 13.1. The Morgan fingerprint density at radius 1 is 1.11 bits per heavy atom. The van der Waals surface area contributed by atoms with E-state index >= 15 is 0 Å². The molecule has 1 aromatic carbocycles. The van der Waals surface area contributed by atoms with Crippen LogP contribution in [-0.2, 0) is 16.1 Å². The molecule has 0 bridgehead atoms. The first-order valence-electron chi connectivity index (χ1n) is 12.5. The van der Waals surface area contributed by atoms with Crippen LogP contribution in [0.3, 0.4) is 0 Å². The van der Waals surface area contributed by atoms with E-state index in [1.807, 2.05) is 4.90 Å². The minimum absolute atomic E-state index is 0.0339. The van der Waals surface area contributed by atoms with Gasteiger partial charge in [0.25, 0.3) is 0 Å². The molecule has 1 amide bonds. The van der Waals surface area contributed by atoms with Gasteiger partial charge in [0.05, 0.1) is 16.9 Å². The lowest BCUT2D eigenvalue weighted by Gasteiger charge is -2.35. The Labute approximate surface area is 216 Å². The number of aliphatic carboxylic acids is 1. The van der Waals surface area contributed by atoms with Crippen molar-refractivity contribution >= 4 is 35.1 Å². The highest BCUT2D eigenvalue weighted by atomic mass is 35.5. The quantitative estimate of drug-likeness (QED) is 0.373. The van der Waals surface area contributed by atoms with Crippen molar-refractivity contribution in [1.82, 2.24) is 15.1 Å². The van der Waals surface area contributed by atoms with Gasteiger partial charge in [0.15, 0.2) is 0 Å². The predicted octanol–water partition coefficient (Wildman–Crippen LogP) is 4.88. The topological polar surface area (TPSA) is 72.9 Å². The van der Waals surface area contributed by atoms with Crippen LogP contribution >= 0.6 is 23.2 Å². The molecule has 0 spiro atoms. The van der Waals surface area contributed by atoms with Crippen molar-refractivity contribution in [3.05, 3.63) is 45.2 Å². The van der Waals surface area contributed by atoms with Gasteiger partial charge in [-0.2, -0.15) is 0 Å². The number of nitrogens with one attached hydrogen (secondary N) is 1. The predicted molar refractivity (Wildman–Crippen MR) is 135 cm³/mol. The number of carbonyl (C=O) groups is 2. The molecule has 0 saturated carbocycles. The number of carbonyl (C=O) groups excluding carboxylic acids is 1. The van der Waals surface area contributed by atoms with Gasteiger partial charge in [0.2, 0.25) is 5.91 Å². The normalized spacial score (nSPS) is 24.4. The van der Waals surface area contributed by atoms with E-state index < -0.39 is 17.2 Å². The van der Waals surface area contributed by atoms with Gasteiger partial charge in [0, 0.05) is 49.4 Å². The van der Waals surface area contributed by atoms with Gasteiger partial charge in [-0.15, -0.1) is 0 Å². The van der Waals surface area contributed by atoms with Crippen LogP contribution in [-0.4, -0.2) is 65.5 Å². The Bertz CT molecular complexity index is 981. The highest BCUT2D eigenvalue weighted by molar-refractivity contribution is 6.36. The molecule has 1 atom stereocenters. The van der Waals surface area contributed by atoms with Gasteiger partial charge in [0.1, 0.15) is 5.82 Å². The number of halogens is 3. The second-order valence-electron chi connectivity index (χ2n) is 10.3. The molecule has 2 aliphatic heterocycles. The molecule has 2 heterocycles. The summed E-state index contributed by atoms with van der Waals surface area (Å²) in [5.41, 5.74) is 0.964. The number of carboxylic acid groups (broad SMARTS) is 1. The molecule has 3 aliphatic rings. The first-order valence-corrected chi connectivity index (χ1v) is 13.3. The van der Waals surface area contributed by atoms with E-state index in [-0.39, 0.29) is 36.5 Å². The molecule has 2 saturated heterocycles. The molecule has 35 heavy (non-hydrogen) atoms. The fourth-order valence-corrected chi connectivity index (χ4v) is 6.13. The molecular weight excluding hydrogens is 492 g/mol. The maximum absolute atomic E-state index is 13.9. The molecule has 9 heteroatoms. The van der Waals surface area contributed by atoms with E-state index in [0.717, 1.165) is 32.5 Å². The van der Waals surface area contributed by atoms with E-state index in [9.17, 15) is 19.1 Å². The number of likely N-dealkylation sites (tertiary alicyclic amines) is 2. The second-order valence-corrected chi connectivity index (χ2v) is 11.1. The number of hydrogen-bond donors (Lipinski definition) is 2. The molecule has 1 aromatic rings. The van der Waals surface area contributed by atoms with Crippen LogP contribution in [0.5, 0.6) is 0 Å². The van der Waals surface area contributed by atoms with E-state index in [0.29, 0.717) is 23.6 Å². The Balaban J connectivity index is 1.35. The van der Waals surface area contributed by atoms with Gasteiger partial charge in [-0.25, -0.2) is 4.39 Å². The Morgan fingerprint density at radius 3 is 2.57 bits per heavy atom. The maximum atomic E-state index is 13.9. The molecule has 0 aromatic heterocycles. The summed E-state index contributed by atoms with van der Waals surface area (Å²) in [7, 11) is 0. The van der Waals surface area contributed by atoms with Crippen molar-refractivity contribution < 1.29 is 19.1 Å². The summed E-state index contributed by atoms with van der Waals surface area (Å²) in [5.74, 6) is -1.75. The SMILES string of the molecule is O=C(O)C[C@]1(C(=O)NC2CCN(CC3=CCCCC3)CC2)CCN(Cc2c(Cl)ccc(F)c2Cl)C1. The standard InChI is InChI=1S/C26H34Cl2FN3O3/c27-21-6-7-22(29)24(28)20(21)16-32-13-10-26(17-32,14-23(33)34)25(35)30-19-8-11-31(12-9-19)15-18-4-2-1-3-5-18/h4,6-7,19H,1-3,5,8-17H2,(H,30,35)(H,33,34)/t26-/m1/s1. The number of benzene rings is 1. The number of allylic oxidation sites excluding steroid dienone is 1. The average Bonchev–Trinajstić information content (AvgIpc) is 3.24. The third-order valence-electron chi connectivity index (χ3n) is 7.66. The van der Waals surface area contributed by atoms with Crippen molar-refractivity contribution in [1.29, 1.82) is 0 Å². The molecule has 2 N–H and O–H groups in total. The zero-order valence-electron chi connectivity index (χ0n) is 20.0. The van der Waals surface area contributed by atoms with E-state index in [2.05, 4.69) is 16.3 Å². The summed E-state index contributed by atoms with van der Waals surface area (Å²) in [6.45, 7) is 3.91. The smallest absolute Gasteiger partial charge is 0.304 e. The minimum atomic E-state index is -1.03. The maximum Gasteiger partial charge on any atom is 0.304 e. The van der Waals surface area contributed by atoms with Gasteiger partial charge < -0.3 is 10.4 Å². The van der Waals surface area contributed by atoms with Crippen molar-refractivity contribution in [3.8, 4) is 0 Å². The van der Waals surface area contributed by atoms with Crippen molar-refractivity contribution in [3.63, 3.8) is 0 Å². The number of amides is 1. The average molecular weight is 526 g/mol. The minimum Gasteiger partial charge on any atom is -0.481 e. The number of piperidine rings is 1. The zero-order valence-corrected chi connectivity index (χ0v) is 21.5. The van der Waals surface area contributed by atoms with Crippen molar-refractivity contribution in [2.45, 2.75) is 64.0 Å². The molecule has 0 unspecified atom stereocenters. The monoisotopic (exact) mass is 525 g/mol. The Morgan fingerprint density at radius 2 is 1.89 bits per heavy atom. The summed E-state index contributed by atoms with van der Waals surface area (Å²) < 4.78 is 13.9. The summed E-state index contributed by atoms with van der Waals surface area (Å²) in [6, 6.07) is 2.73. The van der Waals surface area contributed by atoms with E-state index in [1.54, 1.807) is 0 Å². The van der Waals surface area contributed by atoms with Crippen LogP contribution in [0.1, 0.15) is 56.9 Å². The Hall–Kier alpha value is -1.67. The lowest BCUT2D eigenvalue weighted by Crippen LogP contribution is -2.51. The fraction of sp³-hybridized carbons (Fsp3) is 0.615. The van der Waals surface area contributed by atoms with E-state index in [4.69, 9.17) is 23.2 Å². The molecule has 2 fully saturated rings. The number of nitrogens with zero attached hydrogens (tertiary/aromatic N) is 2. The number of carboxylic acids is 1. The van der Waals surface area contributed by atoms with Crippen LogP contribution in [0.4, 0.5) is 4.39 Å². The molecule has 1 aliphatic carbocycles. The molecule has 6 nitrogen and oxygen atoms in total. The van der Waals surface area contributed by atoms with Crippen molar-refractivity contribution in [2.75, 3.05) is 32.7 Å². The fourth-order valence-electron chi connectivity index (χ4n) is 5.64. The lowest BCUT2D eigenvalue weighted by molar-refractivity contribution is -0.145. The highest BCUT2D eigenvalue weighted by Gasteiger charge is 2.47. The van der Waals surface area contributed by atoms with Crippen molar-refractivity contribution in [2.24, 2.45) is 5.41 Å².